The molecule has 1 saturated heterocycles. The third-order valence-corrected chi connectivity index (χ3v) is 12.3. The summed E-state index contributed by atoms with van der Waals surface area (Å²) in [7, 11) is 0. The molecule has 2 unspecified atom stereocenters. The van der Waals surface area contributed by atoms with Crippen LogP contribution in [0.25, 0.3) is 5.57 Å². The summed E-state index contributed by atoms with van der Waals surface area (Å²) in [5.41, 5.74) is 0.748. The summed E-state index contributed by atoms with van der Waals surface area (Å²) in [4.78, 5) is 62.1. The number of carbonyl (C=O) groups excluding carboxylic acids is 3. The molecule has 6 rings (SSSR count). The Balaban J connectivity index is 1.32. The molecule has 1 aliphatic carbocycles. The number of fused-ring (bicyclic) bond motifs is 2. The minimum Gasteiger partial charge on any atom is -0.488 e. The second-order valence-corrected chi connectivity index (χ2v) is 18.1. The van der Waals surface area contributed by atoms with Gasteiger partial charge in [0.2, 0.25) is 9.61 Å². The largest absolute Gasteiger partial charge is 0.488 e. The Morgan fingerprint density at radius 3 is 2.22 bits per heavy atom. The highest BCUT2D eigenvalue weighted by Crippen LogP contribution is 2.44. The van der Waals surface area contributed by atoms with Crippen molar-refractivity contribution in [3.63, 3.8) is 0 Å². The van der Waals surface area contributed by atoms with Gasteiger partial charge in [0.15, 0.2) is 23.0 Å². The van der Waals surface area contributed by atoms with Gasteiger partial charge in [0.1, 0.15) is 19.0 Å². The lowest BCUT2D eigenvalue weighted by atomic mass is 9.81. The van der Waals surface area contributed by atoms with Gasteiger partial charge < -0.3 is 33.6 Å². The third kappa shape index (κ3) is 11.8. The Morgan fingerprint density at radius 2 is 1.55 bits per heavy atom. The minimum absolute atomic E-state index is 0.0281. The first kappa shape index (κ1) is 48.4. The molecule has 3 amide bonds. The van der Waals surface area contributed by atoms with Gasteiger partial charge in [-0.1, -0.05) is 77.3 Å². The zero-order valence-electron chi connectivity index (χ0n) is 34.7. The Hall–Kier alpha value is -5.04. The van der Waals surface area contributed by atoms with Crippen molar-refractivity contribution in [3.8, 4) is 5.75 Å². The predicted octanol–water partition coefficient (Wildman–Crippen LogP) is 8.60. The summed E-state index contributed by atoms with van der Waals surface area (Å²) in [5.74, 6) is -5.49. The number of piperazine rings is 1. The summed E-state index contributed by atoms with van der Waals surface area (Å²) >= 11 is 18.7. The summed E-state index contributed by atoms with van der Waals surface area (Å²) in [6.45, 7) is 1.51. The number of carbonyl (C=O) groups is 3. The fourth-order valence-corrected chi connectivity index (χ4v) is 7.56. The van der Waals surface area contributed by atoms with E-state index in [1.807, 2.05) is 0 Å². The highest BCUT2D eigenvalue weighted by atomic mass is 35.6. The summed E-state index contributed by atoms with van der Waals surface area (Å²) in [6, 6.07) is 12.5. The maximum atomic E-state index is 15.2. The number of nitrogens with zero attached hydrogens (tertiary/aromatic N) is 4. The van der Waals surface area contributed by atoms with E-state index in [0.717, 1.165) is 11.6 Å². The molecule has 2 aliphatic heterocycles. The SMILES string of the molecule is CC(C)(OC(=O)N1C2CC(c3ccc(CCCOc4c(F)ccc(F)c4F)cc3)=C(C(=O)N(Cc3ccccc3F)C3CC3)C1CN(C(=O)OCCOCCO[N+](=O)[O-])C2)C(Cl)(Cl)Cl. The van der Waals surface area contributed by atoms with Crippen molar-refractivity contribution in [1.29, 1.82) is 0 Å². The Kier molecular flexibility index (Phi) is 15.8. The molecular formula is C43H45Cl3F4N4O10. The average molecular weight is 960 g/mol. The van der Waals surface area contributed by atoms with Crippen molar-refractivity contribution in [1.82, 2.24) is 14.7 Å². The zero-order valence-corrected chi connectivity index (χ0v) is 37.0. The highest BCUT2D eigenvalue weighted by Gasteiger charge is 2.52. The molecule has 3 aliphatic rings. The molecule has 2 fully saturated rings. The maximum absolute atomic E-state index is 15.2. The molecular weight excluding hydrogens is 915 g/mol. The fourth-order valence-electron chi connectivity index (χ4n) is 7.44. The van der Waals surface area contributed by atoms with Crippen LogP contribution in [0.5, 0.6) is 5.75 Å². The summed E-state index contributed by atoms with van der Waals surface area (Å²) in [6.07, 6.45) is 0.334. The predicted molar refractivity (Wildman–Crippen MR) is 225 cm³/mol. The minimum atomic E-state index is -2.07. The van der Waals surface area contributed by atoms with Crippen LogP contribution in [0.15, 0.2) is 66.2 Å². The number of ether oxygens (including phenoxy) is 4. The first-order valence-electron chi connectivity index (χ1n) is 20.3. The molecule has 0 radical (unpaired) electrons. The van der Waals surface area contributed by atoms with Gasteiger partial charge in [-0.3, -0.25) is 9.69 Å². The van der Waals surface area contributed by atoms with Crippen LogP contribution >= 0.6 is 34.8 Å². The van der Waals surface area contributed by atoms with E-state index in [9.17, 15) is 32.9 Å². The molecule has 21 heteroatoms. The molecule has 2 heterocycles. The van der Waals surface area contributed by atoms with Crippen LogP contribution in [0, 0.1) is 33.4 Å². The molecule has 0 aromatic heterocycles. The topological polar surface area (TPSA) is 150 Å². The fraction of sp³-hybridized carbons (Fsp3) is 0.465. The van der Waals surface area contributed by atoms with Gasteiger partial charge in [-0.25, -0.2) is 22.8 Å². The normalized spacial score (nSPS) is 17.5. The standard InChI is InChI=1S/C43H45Cl3F4N4O10/c1-42(2,43(44,45)46)64-41(57)53-30-22-31(27-11-9-26(10-12-27)6-5-17-61-38-34(49)16-15-33(48)37(38)50)36(39(55)52(29-13-14-29)23-28-7-3-4-8-32(28)47)35(53)25-51(24-30)40(56)62-20-18-60-19-21-63-54(58)59/h3-4,7-12,15-16,29-30,35H,5-6,13-14,17-25H2,1-2H3. The van der Waals surface area contributed by atoms with E-state index >= 15 is 9.18 Å². The van der Waals surface area contributed by atoms with Crippen LogP contribution in [-0.4, -0.2) is 112 Å². The third-order valence-electron chi connectivity index (χ3n) is 11.0. The van der Waals surface area contributed by atoms with E-state index in [4.69, 9.17) is 53.8 Å². The average Bonchev–Trinajstić information content (AvgIpc) is 4.08. The molecule has 0 spiro atoms. The van der Waals surface area contributed by atoms with Gasteiger partial charge in [-0.15, -0.1) is 10.1 Å². The number of hydrogen-bond acceptors (Lipinski definition) is 10. The van der Waals surface area contributed by atoms with E-state index in [1.54, 1.807) is 47.4 Å². The van der Waals surface area contributed by atoms with Crippen molar-refractivity contribution >= 4 is 58.5 Å². The monoisotopic (exact) mass is 958 g/mol. The Labute approximate surface area is 380 Å². The van der Waals surface area contributed by atoms with Crippen LogP contribution < -0.4 is 4.74 Å². The maximum Gasteiger partial charge on any atom is 0.411 e. The van der Waals surface area contributed by atoms with E-state index in [-0.39, 0.29) is 76.3 Å². The number of halogens is 7. The number of hydrogen-bond donors (Lipinski definition) is 0. The van der Waals surface area contributed by atoms with E-state index < -0.39 is 73.7 Å². The smallest absolute Gasteiger partial charge is 0.411 e. The zero-order chi connectivity index (χ0) is 46.3. The van der Waals surface area contributed by atoms with Crippen molar-refractivity contribution < 1.29 is 60.8 Å². The van der Waals surface area contributed by atoms with E-state index in [1.165, 1.54) is 29.7 Å². The molecule has 2 bridgehead atoms. The van der Waals surface area contributed by atoms with Crippen LogP contribution in [0.4, 0.5) is 27.2 Å². The van der Waals surface area contributed by atoms with Gasteiger partial charge in [-0.2, -0.15) is 4.39 Å². The molecule has 3 aromatic carbocycles. The van der Waals surface area contributed by atoms with E-state index in [2.05, 4.69) is 4.84 Å². The lowest BCUT2D eigenvalue weighted by Gasteiger charge is -2.51. The quantitative estimate of drug-likeness (QED) is 0.0303. The van der Waals surface area contributed by atoms with Gasteiger partial charge in [0, 0.05) is 36.8 Å². The molecule has 0 N–H and O–H groups in total. The second kappa shape index (κ2) is 20.9. The van der Waals surface area contributed by atoms with Gasteiger partial charge >= 0.3 is 12.2 Å². The van der Waals surface area contributed by atoms with Gasteiger partial charge in [0.25, 0.3) is 11.0 Å². The summed E-state index contributed by atoms with van der Waals surface area (Å²) < 4.78 is 76.7. The number of aryl methyl sites for hydroxylation is 1. The molecule has 1 saturated carbocycles. The number of benzene rings is 3. The second-order valence-electron chi connectivity index (χ2n) is 15.8. The first-order chi connectivity index (χ1) is 30.4. The van der Waals surface area contributed by atoms with Gasteiger partial charge in [0.05, 0.1) is 31.9 Å². The van der Waals surface area contributed by atoms with Crippen molar-refractivity contribution in [2.75, 3.05) is 46.1 Å². The molecule has 2 atom stereocenters. The lowest BCUT2D eigenvalue weighted by Crippen LogP contribution is -2.66. The van der Waals surface area contributed by atoms with Crippen molar-refractivity contribution in [2.45, 2.75) is 80.0 Å². The van der Waals surface area contributed by atoms with Gasteiger partial charge in [-0.05, 0) is 80.9 Å². The Morgan fingerprint density at radius 1 is 0.859 bits per heavy atom. The lowest BCUT2D eigenvalue weighted by molar-refractivity contribution is -0.758. The first-order valence-corrected chi connectivity index (χ1v) is 21.5. The van der Waals surface area contributed by atoms with Crippen LogP contribution in [0.1, 0.15) is 56.2 Å². The number of rotatable bonds is 18. The summed E-state index contributed by atoms with van der Waals surface area (Å²) in [5, 5.41) is 9.44. The van der Waals surface area contributed by atoms with Crippen LogP contribution in [0.3, 0.4) is 0 Å². The van der Waals surface area contributed by atoms with Crippen molar-refractivity contribution in [3.05, 3.63) is 116 Å². The highest BCUT2D eigenvalue weighted by molar-refractivity contribution is 6.68. The van der Waals surface area contributed by atoms with Crippen LogP contribution in [-0.2, 0) is 36.8 Å². The number of amides is 3. The molecule has 14 nitrogen and oxygen atoms in total. The molecule has 346 valence electrons. The van der Waals surface area contributed by atoms with E-state index in [0.29, 0.717) is 42.9 Å². The van der Waals surface area contributed by atoms with Crippen LogP contribution in [0.2, 0.25) is 0 Å². The molecule has 3 aromatic rings. The molecule has 64 heavy (non-hydrogen) atoms. The Bertz CT molecular complexity index is 2230. The van der Waals surface area contributed by atoms with Crippen molar-refractivity contribution in [2.24, 2.45) is 0 Å². The number of alkyl halides is 3.